The number of nitrogens with zero attached hydrogens (tertiary/aromatic N) is 3. The first-order valence-electron chi connectivity index (χ1n) is 8.14. The molecule has 1 fully saturated rings. The molecule has 2 aliphatic rings. The number of nitrogens with one attached hydrogen (secondary N) is 2. The predicted molar refractivity (Wildman–Crippen MR) is 94.2 cm³/mol. The van der Waals surface area contributed by atoms with Gasteiger partial charge in [0.2, 0.25) is 0 Å². The zero-order valence-electron chi connectivity index (χ0n) is 14.7. The molecule has 0 aromatic carbocycles. The fraction of sp³-hybridized carbons (Fsp3) is 0.562. The number of hydrogen-bond acceptors (Lipinski definition) is 5. The van der Waals surface area contributed by atoms with Crippen LogP contribution in [0.4, 0.5) is 10.6 Å². The second-order valence-corrected chi connectivity index (χ2v) is 7.65. The van der Waals surface area contributed by atoms with Crippen LogP contribution in [-0.2, 0) is 4.74 Å². The Balaban J connectivity index is 1.86. The smallest absolute Gasteiger partial charge is 0.415 e. The van der Waals surface area contributed by atoms with Gasteiger partial charge in [-0.2, -0.15) is 5.10 Å². The first kappa shape index (κ1) is 17.6. The molecular formula is C16H22ClN5O3. The van der Waals surface area contributed by atoms with E-state index in [1.54, 1.807) is 33.9 Å². The number of fused-ring (bicyclic) bond motifs is 1. The molecule has 2 N–H and O–H groups in total. The highest BCUT2D eigenvalue weighted by Gasteiger charge is 2.32. The number of hydrogen-bond donors (Lipinski definition) is 2. The third kappa shape index (κ3) is 3.89. The molecule has 1 aliphatic heterocycles. The molecular weight excluding hydrogens is 346 g/mol. The number of anilines is 1. The summed E-state index contributed by atoms with van der Waals surface area (Å²) in [5, 5.41) is 10.2. The Bertz CT molecular complexity index is 733. The molecule has 2 amide bonds. The van der Waals surface area contributed by atoms with E-state index in [0.29, 0.717) is 17.2 Å². The lowest BCUT2D eigenvalue weighted by Crippen LogP contribution is -2.37. The maximum absolute atomic E-state index is 12.4. The summed E-state index contributed by atoms with van der Waals surface area (Å²) < 4.78 is 6.86. The highest BCUT2D eigenvalue weighted by atomic mass is 35.5. The molecule has 136 valence electrons. The fourth-order valence-corrected chi connectivity index (χ4v) is 2.59. The Morgan fingerprint density at radius 3 is 2.72 bits per heavy atom. The van der Waals surface area contributed by atoms with Crippen LogP contribution in [0.2, 0.25) is 0 Å². The van der Waals surface area contributed by atoms with Crippen LogP contribution in [-0.4, -0.2) is 50.9 Å². The maximum Gasteiger partial charge on any atom is 0.415 e. The van der Waals surface area contributed by atoms with Crippen LogP contribution in [0.25, 0.3) is 5.82 Å². The normalized spacial score (nSPS) is 19.4. The summed E-state index contributed by atoms with van der Waals surface area (Å²) in [6.07, 6.45) is 4.55. The molecule has 0 radical (unpaired) electrons. The molecule has 1 saturated carbocycles. The lowest BCUT2D eigenvalue weighted by atomic mass is 10.2. The van der Waals surface area contributed by atoms with E-state index in [2.05, 4.69) is 15.7 Å². The second kappa shape index (κ2) is 6.25. The van der Waals surface area contributed by atoms with E-state index in [0.717, 1.165) is 12.8 Å². The maximum atomic E-state index is 12.4. The number of rotatable bonds is 3. The van der Waals surface area contributed by atoms with Crippen LogP contribution in [0.3, 0.4) is 0 Å². The average molecular weight is 368 g/mol. The minimum Gasteiger partial charge on any atom is -0.443 e. The van der Waals surface area contributed by atoms with Gasteiger partial charge in [-0.25, -0.2) is 9.48 Å². The van der Waals surface area contributed by atoms with E-state index < -0.39 is 17.2 Å². The summed E-state index contributed by atoms with van der Waals surface area (Å²) in [5.41, 5.74) is -0.821. The minimum absolute atomic E-state index is 0.207. The third-order valence-corrected chi connectivity index (χ3v) is 3.96. The number of halogens is 1. The van der Waals surface area contributed by atoms with Gasteiger partial charge in [0.05, 0.1) is 6.20 Å². The summed E-state index contributed by atoms with van der Waals surface area (Å²) in [6.45, 7) is 5.37. The van der Waals surface area contributed by atoms with Gasteiger partial charge in [-0.3, -0.25) is 9.69 Å². The summed E-state index contributed by atoms with van der Waals surface area (Å²) >= 11 is 6.23. The fourth-order valence-electron chi connectivity index (χ4n) is 2.37. The largest absolute Gasteiger partial charge is 0.443 e. The van der Waals surface area contributed by atoms with Crippen molar-refractivity contribution in [2.24, 2.45) is 0 Å². The van der Waals surface area contributed by atoms with Crippen LogP contribution in [0.1, 0.15) is 44.0 Å². The number of ether oxygens (including phenoxy) is 1. The Hall–Kier alpha value is -2.22. The van der Waals surface area contributed by atoms with Crippen molar-refractivity contribution in [2.75, 3.05) is 12.4 Å². The molecule has 1 unspecified atom stereocenters. The van der Waals surface area contributed by atoms with E-state index in [1.165, 1.54) is 15.8 Å². The number of aromatic nitrogens is 2. The molecule has 8 nitrogen and oxygen atoms in total. The van der Waals surface area contributed by atoms with E-state index in [9.17, 15) is 9.59 Å². The highest BCUT2D eigenvalue weighted by molar-refractivity contribution is 6.23. The molecule has 0 bridgehead atoms. The summed E-state index contributed by atoms with van der Waals surface area (Å²) in [7, 11) is 1.57. The first-order valence-corrected chi connectivity index (χ1v) is 8.58. The quantitative estimate of drug-likeness (QED) is 0.632. The third-order valence-electron chi connectivity index (χ3n) is 3.72. The van der Waals surface area contributed by atoms with Gasteiger partial charge in [0.15, 0.2) is 0 Å². The minimum atomic E-state index is -0.624. The standard InChI is InChI=1S/C16H22ClN5O3/c1-16(2,3)25-15(24)21(4)12-7-11(17)20-13-10(8-18-22(12)13)14(23)19-9-5-6-9/h7-9,11,20H,5-6H2,1-4H3,(H,19,23). The zero-order chi connectivity index (χ0) is 18.4. The van der Waals surface area contributed by atoms with Gasteiger partial charge in [0.1, 0.15) is 28.3 Å². The molecule has 0 spiro atoms. The molecule has 9 heteroatoms. The number of amides is 2. The van der Waals surface area contributed by atoms with E-state index in [4.69, 9.17) is 16.3 Å². The van der Waals surface area contributed by atoms with Gasteiger partial charge in [-0.05, 0) is 39.7 Å². The van der Waals surface area contributed by atoms with Gasteiger partial charge in [0, 0.05) is 13.1 Å². The molecule has 0 saturated heterocycles. The van der Waals surface area contributed by atoms with Gasteiger partial charge in [-0.15, -0.1) is 0 Å². The van der Waals surface area contributed by atoms with Crippen LogP contribution >= 0.6 is 11.6 Å². The SMILES string of the molecule is CN(C(=O)OC(C)(C)C)C1=CC(Cl)Nc2c(C(=O)NC3CC3)cnn21. The Kier molecular flexibility index (Phi) is 4.40. The van der Waals surface area contributed by atoms with Crippen molar-refractivity contribution in [3.63, 3.8) is 0 Å². The van der Waals surface area contributed by atoms with Crippen LogP contribution < -0.4 is 10.6 Å². The van der Waals surface area contributed by atoms with Crippen molar-refractivity contribution < 1.29 is 14.3 Å². The van der Waals surface area contributed by atoms with Crippen molar-refractivity contribution in [2.45, 2.75) is 50.8 Å². The number of carbonyl (C=O) groups is 2. The highest BCUT2D eigenvalue weighted by Crippen LogP contribution is 2.29. The van der Waals surface area contributed by atoms with Crippen molar-refractivity contribution >= 4 is 35.2 Å². The van der Waals surface area contributed by atoms with Gasteiger partial charge in [0.25, 0.3) is 5.91 Å². The summed E-state index contributed by atoms with van der Waals surface area (Å²) in [4.78, 5) is 26.0. The number of carbonyl (C=O) groups excluding carboxylic acids is 2. The Labute approximate surface area is 151 Å². The molecule has 2 heterocycles. The van der Waals surface area contributed by atoms with E-state index >= 15 is 0 Å². The van der Waals surface area contributed by atoms with Crippen molar-refractivity contribution in [3.8, 4) is 0 Å². The first-order chi connectivity index (χ1) is 11.7. The zero-order valence-corrected chi connectivity index (χ0v) is 15.4. The summed E-state index contributed by atoms with van der Waals surface area (Å²) in [6, 6.07) is 0.234. The topological polar surface area (TPSA) is 88.5 Å². The van der Waals surface area contributed by atoms with Crippen LogP contribution in [0, 0.1) is 0 Å². The molecule has 3 rings (SSSR count). The van der Waals surface area contributed by atoms with Crippen molar-refractivity contribution in [1.82, 2.24) is 20.0 Å². The Morgan fingerprint density at radius 2 is 2.12 bits per heavy atom. The van der Waals surface area contributed by atoms with Gasteiger partial charge < -0.3 is 15.4 Å². The lowest BCUT2D eigenvalue weighted by Gasteiger charge is -2.29. The summed E-state index contributed by atoms with van der Waals surface area (Å²) in [5.74, 6) is 0.667. The average Bonchev–Trinajstić information content (AvgIpc) is 3.20. The number of alkyl halides is 1. The molecule has 1 atom stereocenters. The van der Waals surface area contributed by atoms with Crippen molar-refractivity contribution in [3.05, 3.63) is 17.8 Å². The molecule has 1 aromatic heterocycles. The monoisotopic (exact) mass is 367 g/mol. The lowest BCUT2D eigenvalue weighted by molar-refractivity contribution is 0.0378. The van der Waals surface area contributed by atoms with E-state index in [-0.39, 0.29) is 11.9 Å². The predicted octanol–water partition coefficient (Wildman–Crippen LogP) is 2.43. The van der Waals surface area contributed by atoms with Crippen LogP contribution in [0.5, 0.6) is 0 Å². The van der Waals surface area contributed by atoms with Crippen molar-refractivity contribution in [1.29, 1.82) is 0 Å². The molecule has 25 heavy (non-hydrogen) atoms. The van der Waals surface area contributed by atoms with Gasteiger partial charge >= 0.3 is 6.09 Å². The van der Waals surface area contributed by atoms with Gasteiger partial charge in [-0.1, -0.05) is 11.6 Å². The van der Waals surface area contributed by atoms with Crippen LogP contribution in [0.15, 0.2) is 12.3 Å². The molecule has 1 aromatic rings. The second-order valence-electron chi connectivity index (χ2n) is 7.18. The molecule has 1 aliphatic carbocycles. The van der Waals surface area contributed by atoms with E-state index in [1.807, 2.05) is 0 Å². The Morgan fingerprint density at radius 1 is 1.44 bits per heavy atom.